The van der Waals surface area contributed by atoms with Crippen molar-refractivity contribution in [3.8, 4) is 0 Å². The lowest BCUT2D eigenvalue weighted by Gasteiger charge is -2.15. The Morgan fingerprint density at radius 1 is 1.38 bits per heavy atom. The van der Waals surface area contributed by atoms with Gasteiger partial charge in [0.2, 0.25) is 5.91 Å². The summed E-state index contributed by atoms with van der Waals surface area (Å²) in [6, 6.07) is 5.12. The Morgan fingerprint density at radius 3 is 2.62 bits per heavy atom. The Morgan fingerprint density at radius 2 is 2.05 bits per heavy atom. The van der Waals surface area contributed by atoms with Gasteiger partial charge in [-0.2, -0.15) is 0 Å². The van der Waals surface area contributed by atoms with Gasteiger partial charge in [-0.25, -0.2) is 0 Å². The Bertz CT molecular complexity index is 564. The fraction of sp³-hybridized carbons (Fsp3) is 0.467. The first-order chi connectivity index (χ1) is 9.92. The molecule has 1 aromatic rings. The minimum Gasteiger partial charge on any atom is -0.481 e. The predicted molar refractivity (Wildman–Crippen MR) is 85.4 cm³/mol. The minimum atomic E-state index is -0.889. The maximum absolute atomic E-state index is 12.4. The predicted octanol–water partition coefficient (Wildman–Crippen LogP) is 4.18. The zero-order valence-electron chi connectivity index (χ0n) is 11.6. The van der Waals surface area contributed by atoms with Gasteiger partial charge in [-0.05, 0) is 52.9 Å². The summed E-state index contributed by atoms with van der Waals surface area (Å²) < 4.78 is 0.748. The molecule has 1 aliphatic rings. The highest BCUT2D eigenvalue weighted by Gasteiger charge is 2.42. The number of carbonyl (C=O) groups is 2. The highest BCUT2D eigenvalue weighted by molar-refractivity contribution is 9.10. The van der Waals surface area contributed by atoms with Crippen LogP contribution in [0.2, 0.25) is 5.02 Å². The number of rotatable bonds is 4. The fourth-order valence-corrected chi connectivity index (χ4v) is 3.28. The van der Waals surface area contributed by atoms with Crippen LogP contribution >= 0.6 is 27.5 Å². The van der Waals surface area contributed by atoms with E-state index in [1.165, 1.54) is 0 Å². The van der Waals surface area contributed by atoms with Crippen molar-refractivity contribution in [3.63, 3.8) is 0 Å². The number of hydrogen-bond acceptors (Lipinski definition) is 2. The highest BCUT2D eigenvalue weighted by atomic mass is 79.9. The van der Waals surface area contributed by atoms with Crippen LogP contribution in [0.4, 0.5) is 5.69 Å². The lowest BCUT2D eigenvalue weighted by molar-refractivity contribution is -0.145. The molecule has 0 heterocycles. The smallest absolute Gasteiger partial charge is 0.307 e. The van der Waals surface area contributed by atoms with Gasteiger partial charge in [0.25, 0.3) is 0 Å². The maximum atomic E-state index is 12.4. The van der Waals surface area contributed by atoms with Crippen LogP contribution in [0.15, 0.2) is 22.7 Å². The van der Waals surface area contributed by atoms with Crippen LogP contribution in [0.3, 0.4) is 0 Å². The van der Waals surface area contributed by atoms with E-state index in [2.05, 4.69) is 21.2 Å². The summed E-state index contributed by atoms with van der Waals surface area (Å²) in [5, 5.41) is 12.6. The van der Waals surface area contributed by atoms with Crippen molar-refractivity contribution in [2.75, 3.05) is 5.32 Å². The second kappa shape index (κ2) is 6.79. The molecule has 2 N–H and O–H groups in total. The van der Waals surface area contributed by atoms with Crippen LogP contribution in [-0.4, -0.2) is 17.0 Å². The number of halogens is 2. The van der Waals surface area contributed by atoms with E-state index in [0.29, 0.717) is 29.5 Å². The third kappa shape index (κ3) is 3.77. The van der Waals surface area contributed by atoms with E-state index in [0.717, 1.165) is 10.9 Å². The summed E-state index contributed by atoms with van der Waals surface area (Å²) in [6.07, 6.45) is 2.10. The van der Waals surface area contributed by atoms with Gasteiger partial charge in [0.05, 0.1) is 16.9 Å². The Hall–Kier alpha value is -1.07. The average molecular weight is 375 g/mol. The molecule has 2 rings (SSSR count). The van der Waals surface area contributed by atoms with Gasteiger partial charge in [0, 0.05) is 10.2 Å². The van der Waals surface area contributed by atoms with Crippen molar-refractivity contribution in [1.82, 2.24) is 0 Å². The van der Waals surface area contributed by atoms with Crippen LogP contribution < -0.4 is 5.32 Å². The number of benzene rings is 1. The van der Waals surface area contributed by atoms with Gasteiger partial charge >= 0.3 is 5.97 Å². The molecule has 0 bridgehead atoms. The van der Waals surface area contributed by atoms with Gasteiger partial charge in [-0.1, -0.05) is 24.9 Å². The van der Waals surface area contributed by atoms with Crippen molar-refractivity contribution in [2.45, 2.75) is 26.2 Å². The molecule has 0 aliphatic heterocycles. The lowest BCUT2D eigenvalue weighted by Crippen LogP contribution is -2.29. The zero-order valence-corrected chi connectivity index (χ0v) is 13.9. The summed E-state index contributed by atoms with van der Waals surface area (Å²) in [7, 11) is 0. The lowest BCUT2D eigenvalue weighted by atomic mass is 9.95. The largest absolute Gasteiger partial charge is 0.481 e. The van der Waals surface area contributed by atoms with Crippen LogP contribution in [0.25, 0.3) is 0 Å². The molecule has 3 unspecified atom stereocenters. The molecule has 0 saturated heterocycles. The molecule has 0 spiro atoms. The number of nitrogens with one attached hydrogen (secondary N) is 1. The van der Waals surface area contributed by atoms with E-state index in [1.54, 1.807) is 18.2 Å². The maximum Gasteiger partial charge on any atom is 0.307 e. The number of carboxylic acid groups (broad SMARTS) is 1. The van der Waals surface area contributed by atoms with Crippen molar-refractivity contribution in [1.29, 1.82) is 0 Å². The van der Waals surface area contributed by atoms with Gasteiger partial charge in [0.15, 0.2) is 0 Å². The van der Waals surface area contributed by atoms with E-state index in [1.807, 2.05) is 6.92 Å². The number of aliphatic carboxylic acids is 1. The van der Waals surface area contributed by atoms with Crippen LogP contribution in [0.5, 0.6) is 0 Å². The molecule has 1 amide bonds. The van der Waals surface area contributed by atoms with Crippen molar-refractivity contribution in [2.24, 2.45) is 17.8 Å². The Labute approximate surface area is 137 Å². The van der Waals surface area contributed by atoms with Gasteiger partial charge in [-0.15, -0.1) is 0 Å². The summed E-state index contributed by atoms with van der Waals surface area (Å²) in [4.78, 5) is 23.7. The molecule has 0 aromatic heterocycles. The summed E-state index contributed by atoms with van der Waals surface area (Å²) in [6.45, 7) is 2.03. The quantitative estimate of drug-likeness (QED) is 0.831. The molecule has 1 saturated carbocycles. The van der Waals surface area contributed by atoms with E-state index in [9.17, 15) is 14.7 Å². The highest BCUT2D eigenvalue weighted by Crippen LogP contribution is 2.39. The second-order valence-corrected chi connectivity index (χ2v) is 6.68. The van der Waals surface area contributed by atoms with E-state index >= 15 is 0 Å². The van der Waals surface area contributed by atoms with Gasteiger partial charge in [0.1, 0.15) is 0 Å². The summed E-state index contributed by atoms with van der Waals surface area (Å²) in [5.41, 5.74) is 0.581. The average Bonchev–Trinajstić information content (AvgIpc) is 2.87. The molecular formula is C15H17BrClNO3. The van der Waals surface area contributed by atoms with Gasteiger partial charge < -0.3 is 10.4 Å². The molecule has 0 radical (unpaired) electrons. The van der Waals surface area contributed by atoms with Crippen LogP contribution in [-0.2, 0) is 9.59 Å². The first-order valence-electron chi connectivity index (χ1n) is 6.91. The number of hydrogen-bond donors (Lipinski definition) is 2. The van der Waals surface area contributed by atoms with E-state index in [-0.39, 0.29) is 5.91 Å². The number of carbonyl (C=O) groups excluding carboxylic acids is 1. The van der Waals surface area contributed by atoms with Crippen molar-refractivity contribution < 1.29 is 14.7 Å². The third-order valence-electron chi connectivity index (χ3n) is 4.08. The molecule has 3 atom stereocenters. The number of amides is 1. The molecular weight excluding hydrogens is 358 g/mol. The summed E-state index contributed by atoms with van der Waals surface area (Å²) in [5.74, 6) is -1.90. The Kier molecular flexibility index (Phi) is 5.27. The SMILES string of the molecule is CCC1CC(C(=O)O)C(C(=O)Nc2ccc(Br)c(Cl)c2)C1. The monoisotopic (exact) mass is 373 g/mol. The van der Waals surface area contributed by atoms with E-state index < -0.39 is 17.8 Å². The van der Waals surface area contributed by atoms with Crippen LogP contribution in [0, 0.1) is 17.8 Å². The normalized spacial score (nSPS) is 24.8. The topological polar surface area (TPSA) is 66.4 Å². The van der Waals surface area contributed by atoms with E-state index in [4.69, 9.17) is 11.6 Å². The zero-order chi connectivity index (χ0) is 15.6. The second-order valence-electron chi connectivity index (χ2n) is 5.42. The first-order valence-corrected chi connectivity index (χ1v) is 8.08. The Balaban J connectivity index is 2.11. The molecule has 1 aromatic carbocycles. The van der Waals surface area contributed by atoms with Crippen molar-refractivity contribution >= 4 is 45.1 Å². The molecule has 21 heavy (non-hydrogen) atoms. The fourth-order valence-electron chi connectivity index (χ4n) is 2.85. The first kappa shape index (κ1) is 16.3. The standard InChI is InChI=1S/C15H17BrClNO3/c1-2-8-5-10(11(6-8)15(20)21)14(19)18-9-3-4-12(16)13(17)7-9/h3-4,7-8,10-11H,2,5-6H2,1H3,(H,18,19)(H,20,21). The van der Waals surface area contributed by atoms with Gasteiger partial charge in [-0.3, -0.25) is 9.59 Å². The molecule has 4 nitrogen and oxygen atoms in total. The molecule has 114 valence electrons. The third-order valence-corrected chi connectivity index (χ3v) is 5.31. The molecule has 1 fully saturated rings. The minimum absolute atomic E-state index is 0.239. The summed E-state index contributed by atoms with van der Waals surface area (Å²) >= 11 is 9.27. The molecule has 6 heteroatoms. The van der Waals surface area contributed by atoms with Crippen LogP contribution in [0.1, 0.15) is 26.2 Å². The molecule has 1 aliphatic carbocycles. The number of anilines is 1. The number of carboxylic acids is 1. The van der Waals surface area contributed by atoms with Crippen molar-refractivity contribution in [3.05, 3.63) is 27.7 Å².